The minimum Gasteiger partial charge on any atom is -0.255 e. The molecule has 0 radical (unpaired) electrons. The number of nitrogens with zero attached hydrogens (tertiary/aromatic N) is 5. The third-order valence-electron chi connectivity index (χ3n) is 8.21. The summed E-state index contributed by atoms with van der Waals surface area (Å²) in [6, 6.07) is 55.4. The third kappa shape index (κ3) is 6.00. The molecule has 226 valence electrons. The Morgan fingerprint density at radius 1 is 0.292 bits per heavy atom. The molecule has 0 fully saturated rings. The highest BCUT2D eigenvalue weighted by atomic mass is 14.9. The van der Waals surface area contributed by atoms with Crippen molar-refractivity contribution in [3.63, 3.8) is 0 Å². The van der Waals surface area contributed by atoms with E-state index in [2.05, 4.69) is 77.8 Å². The van der Waals surface area contributed by atoms with Gasteiger partial charge in [-0.15, -0.1) is 0 Å². The molecule has 0 aliphatic carbocycles. The van der Waals surface area contributed by atoms with Crippen molar-refractivity contribution < 1.29 is 0 Å². The van der Waals surface area contributed by atoms with Gasteiger partial charge in [0.1, 0.15) is 0 Å². The molecule has 8 aromatic rings. The summed E-state index contributed by atoms with van der Waals surface area (Å²) < 4.78 is 0. The second-order valence-corrected chi connectivity index (χ2v) is 11.4. The quantitative estimate of drug-likeness (QED) is 0.178. The van der Waals surface area contributed by atoms with Crippen molar-refractivity contribution in [1.29, 1.82) is 0 Å². The van der Waals surface area contributed by atoms with Gasteiger partial charge in [0.15, 0.2) is 5.82 Å². The molecule has 0 N–H and O–H groups in total. The maximum absolute atomic E-state index is 5.11. The van der Waals surface area contributed by atoms with Gasteiger partial charge >= 0.3 is 0 Å². The summed E-state index contributed by atoms with van der Waals surface area (Å²) in [4.78, 5) is 24.6. The van der Waals surface area contributed by atoms with Crippen molar-refractivity contribution in [3.05, 3.63) is 176 Å². The first-order chi connectivity index (χ1) is 23.8. The predicted octanol–water partition coefficient (Wildman–Crippen LogP) is 10.3. The van der Waals surface area contributed by atoms with E-state index in [9.17, 15) is 0 Å². The Labute approximate surface area is 279 Å². The summed E-state index contributed by atoms with van der Waals surface area (Å²) in [5.74, 6) is 0.684. The molecule has 0 saturated heterocycles. The van der Waals surface area contributed by atoms with E-state index in [1.165, 1.54) is 0 Å². The van der Waals surface area contributed by atoms with Crippen molar-refractivity contribution in [1.82, 2.24) is 24.9 Å². The van der Waals surface area contributed by atoms with E-state index in [-0.39, 0.29) is 0 Å². The number of pyridine rings is 3. The number of hydrogen-bond donors (Lipinski definition) is 0. The number of benzene rings is 4. The van der Waals surface area contributed by atoms with E-state index >= 15 is 0 Å². The highest BCUT2D eigenvalue weighted by Crippen LogP contribution is 2.36. The van der Waals surface area contributed by atoms with Crippen LogP contribution in [-0.2, 0) is 0 Å². The van der Waals surface area contributed by atoms with Crippen LogP contribution in [0, 0.1) is 0 Å². The fraction of sp³-hybridized carbons (Fsp3) is 0. The Morgan fingerprint density at radius 3 is 1.62 bits per heavy atom. The fourth-order valence-corrected chi connectivity index (χ4v) is 5.85. The van der Waals surface area contributed by atoms with E-state index < -0.39 is 0 Å². The second-order valence-electron chi connectivity index (χ2n) is 11.4. The van der Waals surface area contributed by atoms with Crippen LogP contribution < -0.4 is 0 Å². The lowest BCUT2D eigenvalue weighted by molar-refractivity contribution is 1.18. The molecule has 0 aliphatic heterocycles. The molecule has 48 heavy (non-hydrogen) atoms. The van der Waals surface area contributed by atoms with E-state index in [0.717, 1.165) is 73.1 Å². The molecule has 5 nitrogen and oxygen atoms in total. The first-order valence-corrected chi connectivity index (χ1v) is 15.8. The van der Waals surface area contributed by atoms with Gasteiger partial charge in [-0.2, -0.15) is 0 Å². The van der Waals surface area contributed by atoms with Crippen LogP contribution in [0.3, 0.4) is 0 Å². The van der Waals surface area contributed by atoms with Crippen molar-refractivity contribution in [2.45, 2.75) is 0 Å². The zero-order valence-corrected chi connectivity index (χ0v) is 26.0. The van der Waals surface area contributed by atoms with Gasteiger partial charge in [-0.05, 0) is 59.2 Å². The Balaban J connectivity index is 1.26. The monoisotopic (exact) mass is 615 g/mol. The van der Waals surface area contributed by atoms with Gasteiger partial charge in [-0.1, -0.05) is 121 Å². The Hall–Kier alpha value is -6.59. The zero-order chi connectivity index (χ0) is 32.1. The first-order valence-electron chi connectivity index (χ1n) is 15.8. The third-order valence-corrected chi connectivity index (χ3v) is 8.21. The minimum atomic E-state index is 0.684. The molecular formula is C43H29N5. The second kappa shape index (κ2) is 13.0. The molecule has 0 amide bonds. The van der Waals surface area contributed by atoms with E-state index in [4.69, 9.17) is 19.9 Å². The van der Waals surface area contributed by atoms with Crippen LogP contribution in [0.15, 0.2) is 176 Å². The van der Waals surface area contributed by atoms with Crippen LogP contribution >= 0.6 is 0 Å². The van der Waals surface area contributed by atoms with Gasteiger partial charge in [0.05, 0.1) is 34.2 Å². The Morgan fingerprint density at radius 2 is 0.896 bits per heavy atom. The molecule has 0 aliphatic rings. The number of aromatic nitrogens is 5. The Bertz CT molecular complexity index is 2210. The van der Waals surface area contributed by atoms with Gasteiger partial charge in [0, 0.05) is 34.6 Å². The standard InChI is InChI=1S/C43H29N5/c1-4-14-30(15-5-1)35-27-40(37-23-10-11-24-44-37)46-41(28-35)42-36(22-13-25-45-42)33-20-12-21-34(26-33)39-29-38(31-16-6-2-7-17-31)47-43(48-39)32-18-8-3-9-19-32/h1-29H. The van der Waals surface area contributed by atoms with Crippen LogP contribution in [0.25, 0.3) is 78.9 Å². The van der Waals surface area contributed by atoms with Crippen LogP contribution in [-0.4, -0.2) is 24.9 Å². The van der Waals surface area contributed by atoms with Gasteiger partial charge in [0.2, 0.25) is 0 Å². The highest BCUT2D eigenvalue weighted by molar-refractivity contribution is 5.85. The summed E-state index contributed by atoms with van der Waals surface area (Å²) in [6.45, 7) is 0. The van der Waals surface area contributed by atoms with Gasteiger partial charge in [-0.3, -0.25) is 9.97 Å². The van der Waals surface area contributed by atoms with Crippen LogP contribution in [0.2, 0.25) is 0 Å². The van der Waals surface area contributed by atoms with E-state index in [1.807, 2.05) is 97.2 Å². The van der Waals surface area contributed by atoms with Crippen molar-refractivity contribution in [2.75, 3.05) is 0 Å². The molecule has 0 bridgehead atoms. The van der Waals surface area contributed by atoms with Crippen molar-refractivity contribution in [2.24, 2.45) is 0 Å². The molecule has 0 atom stereocenters. The summed E-state index contributed by atoms with van der Waals surface area (Å²) in [7, 11) is 0. The summed E-state index contributed by atoms with van der Waals surface area (Å²) in [5, 5.41) is 0. The van der Waals surface area contributed by atoms with Crippen LogP contribution in [0.4, 0.5) is 0 Å². The summed E-state index contributed by atoms with van der Waals surface area (Å²) >= 11 is 0. The maximum Gasteiger partial charge on any atom is 0.160 e. The first kappa shape index (κ1) is 28.9. The van der Waals surface area contributed by atoms with E-state index in [0.29, 0.717) is 5.82 Å². The molecule has 4 aromatic carbocycles. The summed E-state index contributed by atoms with van der Waals surface area (Å²) in [6.07, 6.45) is 3.62. The maximum atomic E-state index is 5.11. The Kier molecular flexibility index (Phi) is 7.83. The lowest BCUT2D eigenvalue weighted by atomic mass is 9.97. The SMILES string of the molecule is c1ccc(-c2cc(-c3ccccn3)nc(-c3ncccc3-c3cccc(-c4cc(-c5ccccc5)nc(-c5ccccc5)n4)c3)c2)cc1. The van der Waals surface area contributed by atoms with Crippen LogP contribution in [0.5, 0.6) is 0 Å². The average molecular weight is 616 g/mol. The smallest absolute Gasteiger partial charge is 0.160 e. The predicted molar refractivity (Wildman–Crippen MR) is 193 cm³/mol. The number of hydrogen-bond acceptors (Lipinski definition) is 5. The molecule has 8 rings (SSSR count). The largest absolute Gasteiger partial charge is 0.255 e. The van der Waals surface area contributed by atoms with Gasteiger partial charge < -0.3 is 0 Å². The average Bonchev–Trinajstić information content (AvgIpc) is 3.19. The molecular weight excluding hydrogens is 587 g/mol. The summed E-state index contributed by atoms with van der Waals surface area (Å²) in [5.41, 5.74) is 12.0. The molecule has 0 saturated carbocycles. The van der Waals surface area contributed by atoms with Crippen molar-refractivity contribution in [3.8, 4) is 78.9 Å². The van der Waals surface area contributed by atoms with Gasteiger partial charge in [-0.25, -0.2) is 15.0 Å². The molecule has 0 spiro atoms. The van der Waals surface area contributed by atoms with Crippen molar-refractivity contribution >= 4 is 0 Å². The molecule has 0 unspecified atom stereocenters. The molecule has 5 heteroatoms. The molecule has 4 heterocycles. The highest BCUT2D eigenvalue weighted by Gasteiger charge is 2.16. The lowest BCUT2D eigenvalue weighted by Crippen LogP contribution is -1.97. The molecule has 4 aromatic heterocycles. The number of rotatable bonds is 7. The van der Waals surface area contributed by atoms with Gasteiger partial charge in [0.25, 0.3) is 0 Å². The zero-order valence-electron chi connectivity index (χ0n) is 26.0. The fourth-order valence-electron chi connectivity index (χ4n) is 5.85. The minimum absolute atomic E-state index is 0.684. The topological polar surface area (TPSA) is 64.5 Å². The normalized spacial score (nSPS) is 10.9. The van der Waals surface area contributed by atoms with Crippen LogP contribution in [0.1, 0.15) is 0 Å². The lowest BCUT2D eigenvalue weighted by Gasteiger charge is -2.14. The van der Waals surface area contributed by atoms with E-state index in [1.54, 1.807) is 6.20 Å².